The fourth-order valence-electron chi connectivity index (χ4n) is 2.74. The lowest BCUT2D eigenvalue weighted by atomic mass is 10.2. The fourth-order valence-corrected chi connectivity index (χ4v) is 4.41. The molecule has 25 heavy (non-hydrogen) atoms. The Morgan fingerprint density at radius 1 is 1.08 bits per heavy atom. The van der Waals surface area contributed by atoms with Gasteiger partial charge in [0.15, 0.2) is 0 Å². The van der Waals surface area contributed by atoms with Gasteiger partial charge in [-0.2, -0.15) is 0 Å². The highest BCUT2D eigenvalue weighted by atomic mass is 32.2. The second kappa shape index (κ2) is 6.52. The number of rotatable bonds is 5. The highest BCUT2D eigenvalue weighted by molar-refractivity contribution is 7.93. The van der Waals surface area contributed by atoms with Crippen molar-refractivity contribution >= 4 is 32.6 Å². The molecule has 0 unspecified atom stereocenters. The van der Waals surface area contributed by atoms with Crippen molar-refractivity contribution in [2.24, 2.45) is 0 Å². The van der Waals surface area contributed by atoms with Crippen molar-refractivity contribution in [3.63, 3.8) is 0 Å². The average Bonchev–Trinajstić information content (AvgIpc) is 2.62. The number of anilines is 1. The molecule has 0 amide bonds. The number of fused-ring (bicyclic) bond motifs is 1. The molecule has 128 valence electrons. The van der Waals surface area contributed by atoms with E-state index >= 15 is 0 Å². The number of hydrogen-bond donors (Lipinski definition) is 1. The molecule has 0 fully saturated rings. The molecular formula is C18H16N2O4S. The first-order valence-corrected chi connectivity index (χ1v) is 9.09. The maximum absolute atomic E-state index is 13.2. The quantitative estimate of drug-likeness (QED) is 0.759. The molecule has 0 spiro atoms. The summed E-state index contributed by atoms with van der Waals surface area (Å²) in [4.78, 5) is 15.7. The molecule has 0 aliphatic carbocycles. The lowest BCUT2D eigenvalue weighted by Crippen LogP contribution is -2.32. The van der Waals surface area contributed by atoms with Crippen LogP contribution in [-0.4, -0.2) is 31.0 Å². The average molecular weight is 356 g/mol. The van der Waals surface area contributed by atoms with Crippen LogP contribution in [0.25, 0.3) is 10.9 Å². The maximum Gasteiger partial charge on any atom is 0.337 e. The fraction of sp³-hybridized carbons (Fsp3) is 0.111. The molecule has 0 aliphatic heterocycles. The SMILES string of the molecule is CCN(c1ccccc1C(=O)O)S(=O)(=O)c1cccc2cccnc12. The Bertz CT molecular complexity index is 1040. The van der Waals surface area contributed by atoms with Crippen molar-refractivity contribution in [2.75, 3.05) is 10.8 Å². The number of para-hydroxylation sites is 2. The Morgan fingerprint density at radius 3 is 2.52 bits per heavy atom. The van der Waals surface area contributed by atoms with E-state index in [-0.39, 0.29) is 22.7 Å². The highest BCUT2D eigenvalue weighted by Crippen LogP contribution is 2.30. The summed E-state index contributed by atoms with van der Waals surface area (Å²) in [5.41, 5.74) is 0.419. The van der Waals surface area contributed by atoms with Gasteiger partial charge in [-0.3, -0.25) is 9.29 Å². The lowest BCUT2D eigenvalue weighted by molar-refractivity contribution is 0.0698. The zero-order valence-corrected chi connectivity index (χ0v) is 14.3. The zero-order chi connectivity index (χ0) is 18.0. The van der Waals surface area contributed by atoms with E-state index < -0.39 is 16.0 Å². The van der Waals surface area contributed by atoms with Crippen molar-refractivity contribution in [1.29, 1.82) is 0 Å². The van der Waals surface area contributed by atoms with Gasteiger partial charge in [-0.25, -0.2) is 13.2 Å². The van der Waals surface area contributed by atoms with Crippen molar-refractivity contribution in [3.05, 3.63) is 66.4 Å². The Balaban J connectivity index is 2.23. The number of sulfonamides is 1. The van der Waals surface area contributed by atoms with Crippen molar-refractivity contribution in [2.45, 2.75) is 11.8 Å². The number of aromatic nitrogens is 1. The third-order valence-corrected chi connectivity index (χ3v) is 5.77. The molecule has 6 nitrogen and oxygen atoms in total. The van der Waals surface area contributed by atoms with Gasteiger partial charge in [0.05, 0.1) is 16.8 Å². The minimum atomic E-state index is -3.98. The molecule has 1 aromatic heterocycles. The standard InChI is InChI=1S/C18H16N2O4S/c1-2-20(15-10-4-3-9-14(15)18(21)22)25(23,24)16-11-5-7-13-8-6-12-19-17(13)16/h3-12H,2H2,1H3,(H,21,22). The molecule has 2 aromatic carbocycles. The van der Waals surface area contributed by atoms with Crippen molar-refractivity contribution < 1.29 is 18.3 Å². The second-order valence-electron chi connectivity index (χ2n) is 5.32. The van der Waals surface area contributed by atoms with Gasteiger partial charge in [0.25, 0.3) is 10.0 Å². The van der Waals surface area contributed by atoms with E-state index in [4.69, 9.17) is 0 Å². The van der Waals surface area contributed by atoms with Gasteiger partial charge in [0.1, 0.15) is 4.90 Å². The van der Waals surface area contributed by atoms with Gasteiger partial charge >= 0.3 is 5.97 Å². The number of nitrogens with zero attached hydrogens (tertiary/aromatic N) is 2. The van der Waals surface area contributed by atoms with E-state index in [9.17, 15) is 18.3 Å². The highest BCUT2D eigenvalue weighted by Gasteiger charge is 2.28. The van der Waals surface area contributed by atoms with Crippen LogP contribution in [0.5, 0.6) is 0 Å². The van der Waals surface area contributed by atoms with Crippen LogP contribution >= 0.6 is 0 Å². The monoisotopic (exact) mass is 356 g/mol. The number of carboxylic acid groups (broad SMARTS) is 1. The topological polar surface area (TPSA) is 87.6 Å². The van der Waals surface area contributed by atoms with E-state index in [1.54, 1.807) is 43.3 Å². The van der Waals surface area contributed by atoms with Crippen molar-refractivity contribution in [1.82, 2.24) is 4.98 Å². The number of aromatic carboxylic acids is 1. The zero-order valence-electron chi connectivity index (χ0n) is 13.5. The lowest BCUT2D eigenvalue weighted by Gasteiger charge is -2.24. The first-order chi connectivity index (χ1) is 12.0. The Morgan fingerprint density at radius 2 is 1.80 bits per heavy atom. The van der Waals surface area contributed by atoms with Crippen LogP contribution < -0.4 is 4.31 Å². The molecule has 1 heterocycles. The molecule has 0 aliphatic rings. The van der Waals surface area contributed by atoms with Gasteiger partial charge in [-0.1, -0.05) is 30.3 Å². The summed E-state index contributed by atoms with van der Waals surface area (Å²) in [6.45, 7) is 1.75. The molecule has 0 bridgehead atoms. The predicted molar refractivity (Wildman–Crippen MR) is 95.4 cm³/mol. The first kappa shape index (κ1) is 16.9. The minimum Gasteiger partial charge on any atom is -0.478 e. The molecule has 0 saturated heterocycles. The van der Waals surface area contributed by atoms with Crippen LogP contribution in [0, 0.1) is 0 Å². The van der Waals surface area contributed by atoms with E-state index in [1.165, 1.54) is 24.4 Å². The second-order valence-corrected chi connectivity index (χ2v) is 7.15. The van der Waals surface area contributed by atoms with Gasteiger partial charge < -0.3 is 5.11 Å². The maximum atomic E-state index is 13.2. The Labute approximate surface area is 145 Å². The van der Waals surface area contributed by atoms with E-state index in [2.05, 4.69) is 4.98 Å². The molecule has 0 atom stereocenters. The Hall–Kier alpha value is -2.93. The smallest absolute Gasteiger partial charge is 0.337 e. The summed E-state index contributed by atoms with van der Waals surface area (Å²) in [7, 11) is -3.98. The summed E-state index contributed by atoms with van der Waals surface area (Å²) in [5, 5.41) is 10.1. The van der Waals surface area contributed by atoms with Gasteiger partial charge in [0, 0.05) is 18.1 Å². The van der Waals surface area contributed by atoms with E-state index in [0.29, 0.717) is 10.9 Å². The summed E-state index contributed by atoms with van der Waals surface area (Å²) in [6.07, 6.45) is 1.53. The van der Waals surface area contributed by atoms with Crippen LogP contribution in [0.2, 0.25) is 0 Å². The minimum absolute atomic E-state index is 0.0487. The molecule has 7 heteroatoms. The summed E-state index contributed by atoms with van der Waals surface area (Å²) < 4.78 is 27.6. The number of hydrogen-bond acceptors (Lipinski definition) is 4. The van der Waals surface area contributed by atoms with E-state index in [1.807, 2.05) is 0 Å². The molecule has 0 saturated carbocycles. The Kier molecular flexibility index (Phi) is 4.41. The third-order valence-electron chi connectivity index (χ3n) is 3.85. The van der Waals surface area contributed by atoms with E-state index in [0.717, 1.165) is 4.31 Å². The van der Waals surface area contributed by atoms with Crippen LogP contribution in [0.15, 0.2) is 65.7 Å². The first-order valence-electron chi connectivity index (χ1n) is 7.65. The van der Waals surface area contributed by atoms with Crippen molar-refractivity contribution in [3.8, 4) is 0 Å². The molecular weight excluding hydrogens is 340 g/mol. The number of carbonyl (C=O) groups is 1. The summed E-state index contributed by atoms with van der Waals surface area (Å²) in [5.74, 6) is -1.18. The van der Waals surface area contributed by atoms with Crippen LogP contribution in [0.3, 0.4) is 0 Å². The third kappa shape index (κ3) is 2.94. The molecule has 3 aromatic rings. The number of benzene rings is 2. The summed E-state index contributed by atoms with van der Waals surface area (Å²) >= 11 is 0. The van der Waals surface area contributed by atoms with Gasteiger partial charge in [-0.05, 0) is 31.2 Å². The number of carboxylic acids is 1. The molecule has 3 rings (SSSR count). The van der Waals surface area contributed by atoms with Gasteiger partial charge in [-0.15, -0.1) is 0 Å². The normalized spacial score (nSPS) is 11.4. The van der Waals surface area contributed by atoms with Crippen LogP contribution in [0.4, 0.5) is 5.69 Å². The van der Waals surface area contributed by atoms with Crippen LogP contribution in [-0.2, 0) is 10.0 Å². The molecule has 1 N–H and O–H groups in total. The predicted octanol–water partition coefficient (Wildman–Crippen LogP) is 3.15. The number of pyridine rings is 1. The largest absolute Gasteiger partial charge is 0.478 e. The van der Waals surface area contributed by atoms with Gasteiger partial charge in [0.2, 0.25) is 0 Å². The summed E-state index contributed by atoms with van der Waals surface area (Å²) in [6, 6.07) is 14.5. The van der Waals surface area contributed by atoms with Crippen LogP contribution in [0.1, 0.15) is 17.3 Å². The molecule has 0 radical (unpaired) electrons.